The summed E-state index contributed by atoms with van der Waals surface area (Å²) in [6.07, 6.45) is 5.62. The van der Waals surface area contributed by atoms with Gasteiger partial charge in [0.05, 0.1) is 19.3 Å². The van der Waals surface area contributed by atoms with Crippen molar-refractivity contribution in [1.82, 2.24) is 10.6 Å². The van der Waals surface area contributed by atoms with E-state index < -0.39 is 6.04 Å². The molecule has 0 bridgehead atoms. The summed E-state index contributed by atoms with van der Waals surface area (Å²) in [6, 6.07) is -0.611. The predicted octanol–water partition coefficient (Wildman–Crippen LogP) is -0.0285. The van der Waals surface area contributed by atoms with E-state index >= 15 is 0 Å². The van der Waals surface area contributed by atoms with E-state index in [0.717, 1.165) is 25.7 Å². The zero-order valence-electron chi connectivity index (χ0n) is 8.91. The maximum Gasteiger partial charge on any atom is 0.315 e. The van der Waals surface area contributed by atoms with Crippen molar-refractivity contribution in [3.05, 3.63) is 0 Å². The van der Waals surface area contributed by atoms with Gasteiger partial charge in [-0.25, -0.2) is 4.79 Å². The molecule has 0 heterocycles. The van der Waals surface area contributed by atoms with Crippen LogP contribution in [0.25, 0.3) is 0 Å². The maximum absolute atomic E-state index is 11.4. The van der Waals surface area contributed by atoms with Crippen LogP contribution in [0.15, 0.2) is 0 Å². The molecule has 0 aromatic rings. The first-order valence-electron chi connectivity index (χ1n) is 5.55. The lowest BCUT2D eigenvalue weighted by Gasteiger charge is -2.24. The third-order valence-corrected chi connectivity index (χ3v) is 2.72. The summed E-state index contributed by atoms with van der Waals surface area (Å²) in [7, 11) is 0. The summed E-state index contributed by atoms with van der Waals surface area (Å²) in [5.41, 5.74) is 0. The Morgan fingerprint density at radius 2 is 1.80 bits per heavy atom. The number of aliphatic hydroxyl groups excluding tert-OH is 2. The van der Waals surface area contributed by atoms with Gasteiger partial charge in [0.15, 0.2) is 0 Å². The van der Waals surface area contributed by atoms with Crippen LogP contribution in [0.5, 0.6) is 0 Å². The van der Waals surface area contributed by atoms with Gasteiger partial charge in [0, 0.05) is 6.04 Å². The van der Waals surface area contributed by atoms with Crippen molar-refractivity contribution in [2.24, 2.45) is 0 Å². The molecular weight excluding hydrogens is 196 g/mol. The summed E-state index contributed by atoms with van der Waals surface area (Å²) in [5, 5.41) is 22.9. The molecule has 1 saturated carbocycles. The Hall–Kier alpha value is -0.810. The van der Waals surface area contributed by atoms with Gasteiger partial charge >= 0.3 is 6.03 Å². The van der Waals surface area contributed by atoms with E-state index in [1.165, 1.54) is 6.42 Å². The first-order chi connectivity index (χ1) is 7.26. The number of carbonyl (C=O) groups is 1. The molecule has 0 spiro atoms. The Morgan fingerprint density at radius 1 is 1.20 bits per heavy atom. The highest BCUT2D eigenvalue weighted by Gasteiger charge is 2.17. The Kier molecular flexibility index (Phi) is 5.42. The summed E-state index contributed by atoms with van der Waals surface area (Å²) in [5.74, 6) is 0. The van der Waals surface area contributed by atoms with Crippen molar-refractivity contribution in [2.45, 2.75) is 44.2 Å². The first-order valence-corrected chi connectivity index (χ1v) is 5.55. The maximum atomic E-state index is 11.4. The number of aliphatic hydroxyl groups is 2. The third-order valence-electron chi connectivity index (χ3n) is 2.72. The largest absolute Gasteiger partial charge is 0.394 e. The number of hydrogen-bond donors (Lipinski definition) is 4. The summed E-state index contributed by atoms with van der Waals surface area (Å²) >= 11 is 0. The van der Waals surface area contributed by atoms with Crippen molar-refractivity contribution < 1.29 is 15.0 Å². The van der Waals surface area contributed by atoms with Crippen LogP contribution in [-0.4, -0.2) is 41.5 Å². The van der Waals surface area contributed by atoms with Crippen LogP contribution in [0, 0.1) is 0 Å². The fourth-order valence-electron chi connectivity index (χ4n) is 1.81. The van der Waals surface area contributed by atoms with Crippen LogP contribution in [-0.2, 0) is 0 Å². The molecule has 1 aliphatic carbocycles. The molecule has 1 fully saturated rings. The van der Waals surface area contributed by atoms with Crippen molar-refractivity contribution in [1.29, 1.82) is 0 Å². The normalized spacial score (nSPS) is 17.8. The lowest BCUT2D eigenvalue weighted by molar-refractivity contribution is 0.167. The zero-order valence-corrected chi connectivity index (χ0v) is 8.91. The van der Waals surface area contributed by atoms with Crippen LogP contribution in [0.1, 0.15) is 32.1 Å². The van der Waals surface area contributed by atoms with E-state index in [1.807, 2.05) is 0 Å². The Bertz CT molecular complexity index is 189. The SMILES string of the molecule is O=C(NC(CO)CO)NC1CCCCC1. The van der Waals surface area contributed by atoms with Gasteiger partial charge in [-0.2, -0.15) is 0 Å². The molecule has 1 aliphatic rings. The lowest BCUT2D eigenvalue weighted by Crippen LogP contribution is -2.49. The topological polar surface area (TPSA) is 81.6 Å². The number of nitrogens with one attached hydrogen (secondary N) is 2. The van der Waals surface area contributed by atoms with Gasteiger partial charge in [-0.3, -0.25) is 0 Å². The van der Waals surface area contributed by atoms with E-state index in [0.29, 0.717) is 0 Å². The van der Waals surface area contributed by atoms with Crippen molar-refractivity contribution in [2.75, 3.05) is 13.2 Å². The minimum absolute atomic E-state index is 0.241. The van der Waals surface area contributed by atoms with E-state index in [1.54, 1.807) is 0 Å². The van der Waals surface area contributed by atoms with E-state index in [-0.39, 0.29) is 25.3 Å². The molecule has 0 aromatic carbocycles. The predicted molar refractivity (Wildman–Crippen MR) is 56.5 cm³/mol. The molecule has 0 radical (unpaired) electrons. The van der Waals surface area contributed by atoms with Gasteiger partial charge < -0.3 is 20.8 Å². The minimum atomic E-state index is -0.561. The van der Waals surface area contributed by atoms with Gasteiger partial charge in [0.1, 0.15) is 0 Å². The number of amides is 2. The van der Waals surface area contributed by atoms with E-state index in [4.69, 9.17) is 10.2 Å². The Morgan fingerprint density at radius 3 is 2.33 bits per heavy atom. The molecule has 15 heavy (non-hydrogen) atoms. The van der Waals surface area contributed by atoms with Gasteiger partial charge in [0.25, 0.3) is 0 Å². The molecule has 5 heteroatoms. The van der Waals surface area contributed by atoms with Gasteiger partial charge in [-0.05, 0) is 12.8 Å². The summed E-state index contributed by atoms with van der Waals surface area (Å²) < 4.78 is 0. The highest BCUT2D eigenvalue weighted by Crippen LogP contribution is 2.17. The monoisotopic (exact) mass is 216 g/mol. The Balaban J connectivity index is 2.21. The highest BCUT2D eigenvalue weighted by atomic mass is 16.3. The molecule has 5 nitrogen and oxygen atoms in total. The van der Waals surface area contributed by atoms with Crippen LogP contribution in [0.2, 0.25) is 0 Å². The van der Waals surface area contributed by atoms with Crippen molar-refractivity contribution in [3.63, 3.8) is 0 Å². The fraction of sp³-hybridized carbons (Fsp3) is 0.900. The second-order valence-electron chi connectivity index (χ2n) is 4.01. The minimum Gasteiger partial charge on any atom is -0.394 e. The molecule has 0 aliphatic heterocycles. The van der Waals surface area contributed by atoms with Crippen LogP contribution < -0.4 is 10.6 Å². The lowest BCUT2D eigenvalue weighted by atomic mass is 9.96. The summed E-state index contributed by atoms with van der Waals surface area (Å²) in [4.78, 5) is 11.4. The smallest absolute Gasteiger partial charge is 0.315 e. The molecular formula is C10H20N2O3. The first kappa shape index (κ1) is 12.3. The molecule has 1 rings (SSSR count). The average molecular weight is 216 g/mol. The highest BCUT2D eigenvalue weighted by molar-refractivity contribution is 5.74. The molecule has 0 saturated heterocycles. The zero-order chi connectivity index (χ0) is 11.1. The van der Waals surface area contributed by atoms with Crippen LogP contribution in [0.4, 0.5) is 4.79 Å². The van der Waals surface area contributed by atoms with Crippen LogP contribution in [0.3, 0.4) is 0 Å². The average Bonchev–Trinajstić information content (AvgIpc) is 2.27. The van der Waals surface area contributed by atoms with Gasteiger partial charge in [-0.1, -0.05) is 19.3 Å². The Labute approximate surface area is 89.9 Å². The molecule has 2 amide bonds. The fourth-order valence-corrected chi connectivity index (χ4v) is 1.81. The van der Waals surface area contributed by atoms with Crippen LogP contribution >= 0.6 is 0 Å². The molecule has 0 aromatic heterocycles. The second kappa shape index (κ2) is 6.63. The molecule has 4 N–H and O–H groups in total. The van der Waals surface area contributed by atoms with Gasteiger partial charge in [0.2, 0.25) is 0 Å². The third kappa shape index (κ3) is 4.48. The summed E-state index contributed by atoms with van der Waals surface area (Å²) in [6.45, 7) is -0.483. The standard InChI is InChI=1S/C10H20N2O3/c13-6-9(7-14)12-10(15)11-8-4-2-1-3-5-8/h8-9,13-14H,1-7H2,(H2,11,12,15). The molecule has 88 valence electrons. The second-order valence-corrected chi connectivity index (χ2v) is 4.01. The number of urea groups is 1. The van der Waals surface area contributed by atoms with E-state index in [9.17, 15) is 4.79 Å². The quantitative estimate of drug-likeness (QED) is 0.533. The number of rotatable bonds is 4. The van der Waals surface area contributed by atoms with Gasteiger partial charge in [-0.15, -0.1) is 0 Å². The van der Waals surface area contributed by atoms with Crippen molar-refractivity contribution in [3.8, 4) is 0 Å². The number of carbonyl (C=O) groups excluding carboxylic acids is 1. The molecule has 0 atom stereocenters. The van der Waals surface area contributed by atoms with Crippen molar-refractivity contribution >= 4 is 6.03 Å². The molecule has 0 unspecified atom stereocenters. The van der Waals surface area contributed by atoms with E-state index in [2.05, 4.69) is 10.6 Å². The number of hydrogen-bond acceptors (Lipinski definition) is 3.